The van der Waals surface area contributed by atoms with E-state index in [4.69, 9.17) is 4.74 Å². The maximum absolute atomic E-state index is 12.7. The van der Waals surface area contributed by atoms with Crippen molar-refractivity contribution >= 4 is 12.2 Å². The predicted molar refractivity (Wildman–Crippen MR) is 104 cm³/mol. The first-order valence-electron chi connectivity index (χ1n) is 9.00. The number of hydrogen-bond donors (Lipinski definition) is 0. The number of benzene rings is 2. The van der Waals surface area contributed by atoms with Crippen LogP contribution in [0.1, 0.15) is 49.2 Å². The molecule has 2 aromatic rings. The summed E-state index contributed by atoms with van der Waals surface area (Å²) in [7, 11) is 0. The molecule has 0 atom stereocenters. The monoisotopic (exact) mass is 353 g/mol. The van der Waals surface area contributed by atoms with Gasteiger partial charge in [0.05, 0.1) is 0 Å². The molecule has 4 nitrogen and oxygen atoms in total. The Morgan fingerprint density at radius 2 is 1.62 bits per heavy atom. The van der Waals surface area contributed by atoms with Crippen molar-refractivity contribution in [2.75, 3.05) is 6.61 Å². The topological polar surface area (TPSA) is 46.6 Å². The Kier molecular flexibility index (Phi) is 6.96. The molecule has 1 amide bonds. The maximum Gasteiger partial charge on any atom is 0.254 e. The van der Waals surface area contributed by atoms with Crippen LogP contribution >= 0.6 is 0 Å². The lowest BCUT2D eigenvalue weighted by Crippen LogP contribution is -2.42. The van der Waals surface area contributed by atoms with Crippen molar-refractivity contribution in [3.8, 4) is 5.75 Å². The van der Waals surface area contributed by atoms with E-state index in [-0.39, 0.29) is 24.6 Å². The van der Waals surface area contributed by atoms with Crippen molar-refractivity contribution in [3.63, 3.8) is 0 Å². The van der Waals surface area contributed by atoms with Gasteiger partial charge in [0.1, 0.15) is 12.4 Å². The van der Waals surface area contributed by atoms with Crippen molar-refractivity contribution in [1.29, 1.82) is 0 Å². The molecule has 0 spiro atoms. The second kappa shape index (κ2) is 9.18. The number of rotatable bonds is 8. The lowest BCUT2D eigenvalue weighted by molar-refractivity contribution is -0.109. The largest absolute Gasteiger partial charge is 0.486 e. The Bertz CT molecular complexity index is 727. The van der Waals surface area contributed by atoms with Gasteiger partial charge < -0.3 is 9.64 Å². The number of para-hydroxylation sites is 1. The van der Waals surface area contributed by atoms with Crippen LogP contribution in [0.25, 0.3) is 0 Å². The van der Waals surface area contributed by atoms with Crippen LogP contribution in [0.3, 0.4) is 0 Å². The molecular weight excluding hydrogens is 326 g/mol. The number of carbonyl (C=O) groups excluding carboxylic acids is 2. The minimum absolute atomic E-state index is 0.0463. The van der Waals surface area contributed by atoms with Gasteiger partial charge in [-0.1, -0.05) is 30.3 Å². The summed E-state index contributed by atoms with van der Waals surface area (Å²) in [4.78, 5) is 25.2. The van der Waals surface area contributed by atoms with Gasteiger partial charge in [-0.3, -0.25) is 9.59 Å². The summed E-state index contributed by atoms with van der Waals surface area (Å²) < 4.78 is 5.48. The maximum atomic E-state index is 12.7. The molecular formula is C22H27NO3. The third-order valence-corrected chi connectivity index (χ3v) is 4.22. The molecule has 0 N–H and O–H groups in total. The van der Waals surface area contributed by atoms with Crippen molar-refractivity contribution in [2.24, 2.45) is 0 Å². The highest BCUT2D eigenvalue weighted by atomic mass is 16.5. The molecule has 0 aromatic heterocycles. The fraction of sp³-hybridized carbons (Fsp3) is 0.364. The first-order valence-corrected chi connectivity index (χ1v) is 9.00. The zero-order valence-electron chi connectivity index (χ0n) is 15.9. The number of hydrogen-bond acceptors (Lipinski definition) is 3. The lowest BCUT2D eigenvalue weighted by Gasteiger charge is -2.30. The van der Waals surface area contributed by atoms with Gasteiger partial charge in [-0.25, -0.2) is 0 Å². The SMILES string of the molecule is CC(C)N(C(=O)c1ccc(Cc2ccccc2OCC=O)cc1)C(C)C. The fourth-order valence-electron chi connectivity index (χ4n) is 3.11. The van der Waals surface area contributed by atoms with Crippen LogP contribution in [-0.2, 0) is 11.2 Å². The molecule has 138 valence electrons. The van der Waals surface area contributed by atoms with Crippen LogP contribution in [0.4, 0.5) is 0 Å². The van der Waals surface area contributed by atoms with Crippen molar-refractivity contribution in [2.45, 2.75) is 46.2 Å². The van der Waals surface area contributed by atoms with Gasteiger partial charge >= 0.3 is 0 Å². The average molecular weight is 353 g/mol. The van der Waals surface area contributed by atoms with Gasteiger partial charge in [0, 0.05) is 24.1 Å². The number of amides is 1. The number of ether oxygens (including phenoxy) is 1. The molecule has 0 aliphatic rings. The van der Waals surface area contributed by atoms with E-state index in [1.807, 2.05) is 81.1 Å². The molecule has 0 fully saturated rings. The summed E-state index contributed by atoms with van der Waals surface area (Å²) in [5, 5.41) is 0. The standard InChI is InChI=1S/C22H27NO3/c1-16(2)23(17(3)4)22(25)19-11-9-18(10-12-19)15-20-7-5-6-8-21(20)26-14-13-24/h5-13,16-17H,14-15H2,1-4H3. The highest BCUT2D eigenvalue weighted by molar-refractivity contribution is 5.94. The summed E-state index contributed by atoms with van der Waals surface area (Å²) >= 11 is 0. The van der Waals surface area contributed by atoms with Crippen molar-refractivity contribution in [3.05, 3.63) is 65.2 Å². The van der Waals surface area contributed by atoms with Gasteiger partial charge in [0.15, 0.2) is 6.29 Å². The fourth-order valence-corrected chi connectivity index (χ4v) is 3.11. The second-order valence-corrected chi connectivity index (χ2v) is 6.86. The molecule has 0 aliphatic heterocycles. The number of aldehydes is 1. The quantitative estimate of drug-likeness (QED) is 0.671. The highest BCUT2D eigenvalue weighted by Crippen LogP contribution is 2.22. The van der Waals surface area contributed by atoms with Crippen LogP contribution in [-0.4, -0.2) is 35.8 Å². The van der Waals surface area contributed by atoms with Gasteiger partial charge in [0.2, 0.25) is 0 Å². The van der Waals surface area contributed by atoms with Gasteiger partial charge in [0.25, 0.3) is 5.91 Å². The number of nitrogens with zero attached hydrogens (tertiary/aromatic N) is 1. The van der Waals surface area contributed by atoms with E-state index in [1.165, 1.54) is 0 Å². The molecule has 2 aromatic carbocycles. The minimum Gasteiger partial charge on any atom is -0.486 e. The predicted octanol–water partition coefficient (Wildman–Crippen LogP) is 4.11. The third kappa shape index (κ3) is 4.94. The summed E-state index contributed by atoms with van der Waals surface area (Å²) in [6.07, 6.45) is 1.42. The van der Waals surface area contributed by atoms with Crippen LogP contribution in [0.2, 0.25) is 0 Å². The molecule has 0 bridgehead atoms. The van der Waals surface area contributed by atoms with E-state index in [2.05, 4.69) is 0 Å². The van der Waals surface area contributed by atoms with Gasteiger partial charge in [-0.05, 0) is 57.0 Å². The molecule has 0 unspecified atom stereocenters. The Labute approximate surface area is 155 Å². The van der Waals surface area contributed by atoms with Crippen LogP contribution < -0.4 is 4.74 Å². The molecule has 4 heteroatoms. The molecule has 26 heavy (non-hydrogen) atoms. The van der Waals surface area contributed by atoms with E-state index in [0.29, 0.717) is 17.7 Å². The summed E-state index contributed by atoms with van der Waals surface area (Å²) in [5.41, 5.74) is 2.80. The van der Waals surface area contributed by atoms with Crippen molar-refractivity contribution in [1.82, 2.24) is 4.90 Å². The first-order chi connectivity index (χ1) is 12.4. The normalized spacial score (nSPS) is 10.8. The number of carbonyl (C=O) groups is 2. The lowest BCUT2D eigenvalue weighted by atomic mass is 10.0. The second-order valence-electron chi connectivity index (χ2n) is 6.86. The van der Waals surface area contributed by atoms with Crippen LogP contribution in [0.5, 0.6) is 5.75 Å². The minimum atomic E-state index is 0.0463. The molecule has 0 saturated heterocycles. The smallest absolute Gasteiger partial charge is 0.254 e. The zero-order valence-corrected chi connectivity index (χ0v) is 15.9. The van der Waals surface area contributed by atoms with Crippen LogP contribution in [0.15, 0.2) is 48.5 Å². The Hall–Kier alpha value is -2.62. The molecule has 0 aliphatic carbocycles. The Balaban J connectivity index is 2.15. The van der Waals surface area contributed by atoms with E-state index in [9.17, 15) is 9.59 Å². The highest BCUT2D eigenvalue weighted by Gasteiger charge is 2.21. The molecule has 2 rings (SSSR count). The molecule has 0 saturated carbocycles. The molecule has 0 radical (unpaired) electrons. The van der Waals surface area contributed by atoms with Gasteiger partial charge in [-0.15, -0.1) is 0 Å². The van der Waals surface area contributed by atoms with E-state index >= 15 is 0 Å². The summed E-state index contributed by atoms with van der Waals surface area (Å²) in [5.74, 6) is 0.766. The average Bonchev–Trinajstić information content (AvgIpc) is 2.61. The third-order valence-electron chi connectivity index (χ3n) is 4.22. The molecule has 0 heterocycles. The van der Waals surface area contributed by atoms with E-state index < -0.39 is 0 Å². The van der Waals surface area contributed by atoms with E-state index in [1.54, 1.807) is 0 Å². The van der Waals surface area contributed by atoms with Gasteiger partial charge in [-0.2, -0.15) is 0 Å². The van der Waals surface area contributed by atoms with Crippen molar-refractivity contribution < 1.29 is 14.3 Å². The zero-order chi connectivity index (χ0) is 19.1. The Morgan fingerprint density at radius 1 is 1.00 bits per heavy atom. The van der Waals surface area contributed by atoms with E-state index in [0.717, 1.165) is 17.4 Å². The van der Waals surface area contributed by atoms with Crippen LogP contribution in [0, 0.1) is 0 Å². The summed E-state index contributed by atoms with van der Waals surface area (Å²) in [6, 6.07) is 15.7. The first kappa shape index (κ1) is 19.7. The Morgan fingerprint density at radius 3 is 2.19 bits per heavy atom. The summed E-state index contributed by atoms with van der Waals surface area (Å²) in [6.45, 7) is 8.17.